The Bertz CT molecular complexity index is 1420. The summed E-state index contributed by atoms with van der Waals surface area (Å²) < 4.78 is 46.6. The smallest absolute Gasteiger partial charge is 0.475 e. The van der Waals surface area contributed by atoms with Gasteiger partial charge in [0.1, 0.15) is 18.1 Å². The molecule has 2 aromatic carbocycles. The van der Waals surface area contributed by atoms with Crippen molar-refractivity contribution in [1.82, 2.24) is 9.55 Å². The van der Waals surface area contributed by atoms with E-state index in [9.17, 15) is 27.2 Å². The number of amides is 2. The number of alkyl halides is 3. The molecule has 9 nitrogen and oxygen atoms in total. The van der Waals surface area contributed by atoms with E-state index in [1.807, 2.05) is 29.0 Å². The van der Waals surface area contributed by atoms with Crippen molar-refractivity contribution in [2.24, 2.45) is 0 Å². The Morgan fingerprint density at radius 1 is 0.919 bits per heavy atom. The average molecular weight is 517 g/mol. The van der Waals surface area contributed by atoms with E-state index in [1.165, 1.54) is 24.3 Å². The molecule has 0 atom stereocenters. The number of nitrogens with one attached hydrogen (secondary N) is 2. The number of rotatable bonds is 5. The van der Waals surface area contributed by atoms with E-state index in [1.54, 1.807) is 24.4 Å². The number of pyridine rings is 1. The van der Waals surface area contributed by atoms with Gasteiger partial charge in [0.15, 0.2) is 0 Å². The molecule has 2 heterocycles. The number of halogens is 4. The fourth-order valence-electron chi connectivity index (χ4n) is 3.06. The predicted octanol–water partition coefficient (Wildman–Crippen LogP) is 4.35. The first-order valence-electron chi connectivity index (χ1n) is 10.4. The minimum absolute atomic E-state index is 0.354. The van der Waals surface area contributed by atoms with Crippen LogP contribution < -0.4 is 16.4 Å². The van der Waals surface area contributed by atoms with Gasteiger partial charge in [-0.1, -0.05) is 0 Å². The van der Waals surface area contributed by atoms with Gasteiger partial charge in [0, 0.05) is 40.9 Å². The van der Waals surface area contributed by atoms with Crippen LogP contribution in [-0.2, 0) is 14.4 Å². The third-order valence-corrected chi connectivity index (χ3v) is 4.72. The van der Waals surface area contributed by atoms with Gasteiger partial charge >= 0.3 is 12.1 Å². The minimum atomic E-state index is -5.08. The molecule has 0 fully saturated rings. The first-order chi connectivity index (χ1) is 17.4. The molecule has 192 valence electrons. The highest BCUT2D eigenvalue weighted by Gasteiger charge is 2.38. The second-order valence-corrected chi connectivity index (χ2v) is 7.48. The predicted molar refractivity (Wildman–Crippen MR) is 127 cm³/mol. The number of carbonyl (C=O) groups is 3. The lowest BCUT2D eigenvalue weighted by atomic mass is 10.2. The van der Waals surface area contributed by atoms with Crippen LogP contribution in [-0.4, -0.2) is 38.6 Å². The zero-order chi connectivity index (χ0) is 27.2. The number of nitrogens with zero attached hydrogens (tertiary/aromatic N) is 2. The van der Waals surface area contributed by atoms with Crippen LogP contribution in [0.3, 0.4) is 0 Å². The molecule has 0 aliphatic heterocycles. The molecule has 4 aromatic rings. The standard InChI is InChI=1S/C22H18FN5O2.C2HF3O2/c23-15-1-3-16(4-2-15)26-21(29)12-22(30)27-17-5-7-18(8-6-17)28-10-9-14-13-25-20(24)11-19(14)28;3-2(4,5)1(6)7/h1-11,13H,12H2,(H2,24,25)(H,26,29)(H,27,30);(H,6,7). The number of nitrogen functional groups attached to an aromatic ring is 1. The van der Waals surface area contributed by atoms with E-state index in [0.717, 1.165) is 16.6 Å². The zero-order valence-corrected chi connectivity index (χ0v) is 18.8. The zero-order valence-electron chi connectivity index (χ0n) is 18.8. The highest BCUT2D eigenvalue weighted by Crippen LogP contribution is 2.22. The second kappa shape index (κ2) is 11.2. The van der Waals surface area contributed by atoms with Gasteiger partial charge in [-0.3, -0.25) is 9.59 Å². The number of nitrogens with two attached hydrogens (primary N) is 1. The molecule has 2 aromatic heterocycles. The van der Waals surface area contributed by atoms with Crippen LogP contribution >= 0.6 is 0 Å². The molecule has 0 spiro atoms. The van der Waals surface area contributed by atoms with Crippen LogP contribution in [0.1, 0.15) is 6.42 Å². The summed E-state index contributed by atoms with van der Waals surface area (Å²) in [5.74, 6) is -3.66. The lowest BCUT2D eigenvalue weighted by Gasteiger charge is -2.09. The van der Waals surface area contributed by atoms with Crippen molar-refractivity contribution in [3.8, 4) is 5.69 Å². The number of carbonyl (C=O) groups excluding carboxylic acids is 2. The lowest BCUT2D eigenvalue weighted by molar-refractivity contribution is -0.192. The SMILES string of the molecule is Nc1cc2c(ccn2-c2ccc(NC(=O)CC(=O)Nc3ccc(F)cc3)cc2)cn1.O=C(O)C(F)(F)F. The van der Waals surface area contributed by atoms with E-state index in [0.29, 0.717) is 17.2 Å². The molecule has 4 rings (SSSR count). The largest absolute Gasteiger partial charge is 0.490 e. The number of aliphatic carboxylic acids is 1. The Morgan fingerprint density at radius 2 is 1.43 bits per heavy atom. The van der Waals surface area contributed by atoms with E-state index in [2.05, 4.69) is 15.6 Å². The van der Waals surface area contributed by atoms with Crippen molar-refractivity contribution in [3.63, 3.8) is 0 Å². The Hall–Kier alpha value is -4.94. The summed E-state index contributed by atoms with van der Waals surface area (Å²) in [4.78, 5) is 37.1. The molecule has 0 radical (unpaired) electrons. The van der Waals surface area contributed by atoms with Crippen molar-refractivity contribution < 1.29 is 37.1 Å². The summed E-state index contributed by atoms with van der Waals surface area (Å²) in [5, 5.41) is 13.3. The Morgan fingerprint density at radius 3 is 1.95 bits per heavy atom. The molecule has 0 unspecified atom stereocenters. The van der Waals surface area contributed by atoms with Crippen LogP contribution in [0, 0.1) is 5.82 Å². The molecule has 37 heavy (non-hydrogen) atoms. The summed E-state index contributed by atoms with van der Waals surface area (Å²) in [6.07, 6.45) is -1.81. The third-order valence-electron chi connectivity index (χ3n) is 4.72. The molecule has 2 amide bonds. The van der Waals surface area contributed by atoms with Crippen molar-refractivity contribution in [1.29, 1.82) is 0 Å². The molecular weight excluding hydrogens is 498 g/mol. The fourth-order valence-corrected chi connectivity index (χ4v) is 3.06. The quantitative estimate of drug-likeness (QED) is 0.229. The molecule has 0 saturated heterocycles. The van der Waals surface area contributed by atoms with E-state index < -0.39 is 29.8 Å². The number of hydrogen-bond donors (Lipinski definition) is 4. The molecular formula is C24H19F4N5O4. The number of benzene rings is 2. The molecule has 0 aliphatic carbocycles. The summed E-state index contributed by atoms with van der Waals surface area (Å²) in [5.41, 5.74) is 8.59. The van der Waals surface area contributed by atoms with Gasteiger partial charge < -0.3 is 26.0 Å². The maximum Gasteiger partial charge on any atom is 0.490 e. The van der Waals surface area contributed by atoms with Gasteiger partial charge in [-0.05, 0) is 54.6 Å². The number of carboxylic acid groups (broad SMARTS) is 1. The van der Waals surface area contributed by atoms with E-state index in [-0.39, 0.29) is 6.42 Å². The average Bonchev–Trinajstić information content (AvgIpc) is 3.24. The summed E-state index contributed by atoms with van der Waals surface area (Å²) in [6, 6.07) is 16.3. The van der Waals surface area contributed by atoms with Gasteiger partial charge in [0.25, 0.3) is 0 Å². The van der Waals surface area contributed by atoms with Gasteiger partial charge in [0.05, 0.1) is 5.52 Å². The van der Waals surface area contributed by atoms with Gasteiger partial charge in [-0.2, -0.15) is 13.2 Å². The van der Waals surface area contributed by atoms with Crippen LogP contribution in [0.15, 0.2) is 73.1 Å². The van der Waals surface area contributed by atoms with Crippen LogP contribution in [0.25, 0.3) is 16.6 Å². The van der Waals surface area contributed by atoms with E-state index >= 15 is 0 Å². The Labute approximate surface area is 206 Å². The van der Waals surface area contributed by atoms with Gasteiger partial charge in [-0.25, -0.2) is 14.2 Å². The summed E-state index contributed by atoms with van der Waals surface area (Å²) in [7, 11) is 0. The fraction of sp³-hybridized carbons (Fsp3) is 0.0833. The van der Waals surface area contributed by atoms with Gasteiger partial charge in [-0.15, -0.1) is 0 Å². The highest BCUT2D eigenvalue weighted by molar-refractivity contribution is 6.08. The van der Waals surface area contributed by atoms with Crippen molar-refractivity contribution in [2.75, 3.05) is 16.4 Å². The maximum absolute atomic E-state index is 12.9. The molecule has 13 heteroatoms. The number of hydrogen-bond acceptors (Lipinski definition) is 5. The summed E-state index contributed by atoms with van der Waals surface area (Å²) >= 11 is 0. The number of aromatic nitrogens is 2. The van der Waals surface area contributed by atoms with Crippen molar-refractivity contribution >= 4 is 45.9 Å². The van der Waals surface area contributed by atoms with E-state index in [4.69, 9.17) is 15.6 Å². The molecule has 0 aliphatic rings. The summed E-state index contributed by atoms with van der Waals surface area (Å²) in [6.45, 7) is 0. The van der Waals surface area contributed by atoms with Crippen LogP contribution in [0.5, 0.6) is 0 Å². The number of anilines is 3. The maximum atomic E-state index is 12.9. The van der Waals surface area contributed by atoms with Crippen LogP contribution in [0.4, 0.5) is 34.8 Å². The molecule has 0 bridgehead atoms. The topological polar surface area (TPSA) is 139 Å². The first-order valence-corrected chi connectivity index (χ1v) is 10.4. The van der Waals surface area contributed by atoms with Crippen molar-refractivity contribution in [2.45, 2.75) is 12.6 Å². The third kappa shape index (κ3) is 7.52. The first kappa shape index (κ1) is 26.7. The lowest BCUT2D eigenvalue weighted by Crippen LogP contribution is -2.21. The molecule has 0 saturated carbocycles. The normalized spacial score (nSPS) is 10.8. The monoisotopic (exact) mass is 517 g/mol. The minimum Gasteiger partial charge on any atom is -0.475 e. The van der Waals surface area contributed by atoms with Crippen LogP contribution in [0.2, 0.25) is 0 Å². The number of carboxylic acids is 1. The number of fused-ring (bicyclic) bond motifs is 1. The molecule has 5 N–H and O–H groups in total. The Balaban J connectivity index is 0.000000479. The second-order valence-electron chi connectivity index (χ2n) is 7.48. The van der Waals surface area contributed by atoms with Crippen molar-refractivity contribution in [3.05, 3.63) is 78.9 Å². The highest BCUT2D eigenvalue weighted by atomic mass is 19.4. The Kier molecular flexibility index (Phi) is 8.07. The van der Waals surface area contributed by atoms with Gasteiger partial charge in [0.2, 0.25) is 11.8 Å².